The maximum Gasteiger partial charge on any atom is 0.417 e. The van der Waals surface area contributed by atoms with Gasteiger partial charge in [-0.3, -0.25) is 4.90 Å². The van der Waals surface area contributed by atoms with Gasteiger partial charge < -0.3 is 14.3 Å². The Labute approximate surface area is 176 Å². The average molecular weight is 413 g/mol. The smallest absolute Gasteiger partial charge is 0.417 e. The molecule has 2 aliphatic heterocycles. The molecule has 2 heterocycles. The zero-order chi connectivity index (χ0) is 22.4. The van der Waals surface area contributed by atoms with Crippen LogP contribution in [0.25, 0.3) is 0 Å². The van der Waals surface area contributed by atoms with E-state index in [2.05, 4.69) is 39.6 Å². The molecule has 2 fully saturated rings. The summed E-state index contributed by atoms with van der Waals surface area (Å²) in [7, 11) is 3.74. The second kappa shape index (κ2) is 7.82. The molecule has 0 N–H and O–H groups in total. The van der Waals surface area contributed by atoms with Crippen molar-refractivity contribution in [3.63, 3.8) is 0 Å². The molecule has 0 saturated carbocycles. The summed E-state index contributed by atoms with van der Waals surface area (Å²) in [5, 5.41) is 1.94. The monoisotopic (exact) mass is 412 g/mol. The Bertz CT molecular complexity index is 605. The van der Waals surface area contributed by atoms with Crippen LogP contribution >= 0.6 is 0 Å². The summed E-state index contributed by atoms with van der Waals surface area (Å²) in [5.41, 5.74) is -0.907. The fourth-order valence-electron chi connectivity index (χ4n) is 5.51. The largest absolute Gasteiger partial charge is 0.454 e. The number of esters is 2. The summed E-state index contributed by atoms with van der Waals surface area (Å²) in [6.45, 7) is 16.7. The molecular formula is C22H40N2O5. The molecule has 0 aromatic heterocycles. The highest BCUT2D eigenvalue weighted by Crippen LogP contribution is 2.40. The van der Waals surface area contributed by atoms with Crippen molar-refractivity contribution in [3.8, 4) is 0 Å². The van der Waals surface area contributed by atoms with Crippen molar-refractivity contribution in [2.24, 2.45) is 0 Å². The van der Waals surface area contributed by atoms with Crippen molar-refractivity contribution in [1.29, 1.82) is 0 Å². The van der Waals surface area contributed by atoms with Gasteiger partial charge in [0.1, 0.15) is 12.2 Å². The minimum atomic E-state index is -0.901. The van der Waals surface area contributed by atoms with Gasteiger partial charge in [-0.25, -0.2) is 9.59 Å². The number of ether oxygens (including phenoxy) is 2. The Balaban J connectivity index is 2.00. The van der Waals surface area contributed by atoms with Gasteiger partial charge in [0, 0.05) is 47.8 Å². The fraction of sp³-hybridized carbons (Fsp3) is 0.909. The number of hydrogen-bond acceptors (Lipinski definition) is 7. The van der Waals surface area contributed by atoms with E-state index < -0.39 is 11.9 Å². The van der Waals surface area contributed by atoms with Crippen LogP contribution in [0.3, 0.4) is 0 Å². The van der Waals surface area contributed by atoms with Crippen LogP contribution in [-0.2, 0) is 23.9 Å². The second-order valence-electron chi connectivity index (χ2n) is 11.2. The number of carbonyl (C=O) groups is 2. The molecule has 7 nitrogen and oxygen atoms in total. The van der Waals surface area contributed by atoms with E-state index in [1.165, 1.54) is 0 Å². The number of likely N-dealkylation sites (tertiary alicyclic amines) is 1. The highest BCUT2D eigenvalue weighted by atomic mass is 16.7. The molecule has 2 rings (SSSR count). The molecule has 2 saturated heterocycles. The molecule has 0 spiro atoms. The molecular weight excluding hydrogens is 372 g/mol. The van der Waals surface area contributed by atoms with E-state index >= 15 is 0 Å². The molecule has 29 heavy (non-hydrogen) atoms. The predicted molar refractivity (Wildman–Crippen MR) is 111 cm³/mol. The molecule has 7 heteroatoms. The third-order valence-corrected chi connectivity index (χ3v) is 6.72. The summed E-state index contributed by atoms with van der Waals surface area (Å²) in [6, 6.07) is 0. The highest BCUT2D eigenvalue weighted by Gasteiger charge is 2.48. The summed E-state index contributed by atoms with van der Waals surface area (Å²) in [4.78, 5) is 32.8. The first-order chi connectivity index (χ1) is 13.0. The summed E-state index contributed by atoms with van der Waals surface area (Å²) in [5.74, 6) is -1.79. The number of hydrogen-bond donors (Lipinski definition) is 0. The maximum atomic E-state index is 12.5. The van der Waals surface area contributed by atoms with Gasteiger partial charge in [-0.2, -0.15) is 5.06 Å². The minimum Gasteiger partial charge on any atom is -0.454 e. The SMILES string of the molecule is CON1C(C)(C)CC(OC(=O)C(=O)OC2CC(C)(C)N(C)C(C)(C)C2)CC1(C)C. The van der Waals surface area contributed by atoms with Gasteiger partial charge in [0.15, 0.2) is 0 Å². The zero-order valence-electron chi connectivity index (χ0n) is 19.9. The van der Waals surface area contributed by atoms with Crippen molar-refractivity contribution < 1.29 is 23.9 Å². The van der Waals surface area contributed by atoms with E-state index in [9.17, 15) is 9.59 Å². The van der Waals surface area contributed by atoms with E-state index in [-0.39, 0.29) is 34.4 Å². The molecule has 0 bridgehead atoms. The van der Waals surface area contributed by atoms with Gasteiger partial charge in [-0.05, 0) is 62.4 Å². The molecule has 0 aromatic rings. The lowest BCUT2D eigenvalue weighted by atomic mass is 9.79. The summed E-state index contributed by atoms with van der Waals surface area (Å²) < 4.78 is 11.2. The van der Waals surface area contributed by atoms with Gasteiger partial charge in [0.2, 0.25) is 0 Å². The van der Waals surface area contributed by atoms with E-state index in [0.29, 0.717) is 25.7 Å². The first-order valence-corrected chi connectivity index (χ1v) is 10.5. The molecule has 0 unspecified atom stereocenters. The van der Waals surface area contributed by atoms with Gasteiger partial charge in [0.05, 0.1) is 7.11 Å². The van der Waals surface area contributed by atoms with Crippen molar-refractivity contribution in [2.45, 2.75) is 115 Å². The Kier molecular flexibility index (Phi) is 6.50. The van der Waals surface area contributed by atoms with E-state index in [4.69, 9.17) is 14.3 Å². The number of nitrogens with zero attached hydrogens (tertiary/aromatic N) is 2. The topological polar surface area (TPSA) is 68.3 Å². The van der Waals surface area contributed by atoms with E-state index in [1.807, 2.05) is 32.8 Å². The maximum absolute atomic E-state index is 12.5. The first-order valence-electron chi connectivity index (χ1n) is 10.5. The van der Waals surface area contributed by atoms with Crippen LogP contribution in [-0.4, -0.2) is 70.4 Å². The molecule has 0 aromatic carbocycles. The van der Waals surface area contributed by atoms with Crippen molar-refractivity contribution in [2.75, 3.05) is 14.2 Å². The minimum absolute atomic E-state index is 0.127. The van der Waals surface area contributed by atoms with Gasteiger partial charge in [-0.15, -0.1) is 0 Å². The van der Waals surface area contributed by atoms with E-state index in [1.54, 1.807) is 7.11 Å². The molecule has 168 valence electrons. The Morgan fingerprint density at radius 3 is 1.31 bits per heavy atom. The normalized spacial score (nSPS) is 27.4. The third-order valence-electron chi connectivity index (χ3n) is 6.72. The molecule has 0 radical (unpaired) electrons. The number of piperidine rings is 2. The average Bonchev–Trinajstić information content (AvgIpc) is 2.49. The number of hydroxylamine groups is 2. The van der Waals surface area contributed by atoms with Gasteiger partial charge in [0.25, 0.3) is 0 Å². The highest BCUT2D eigenvalue weighted by molar-refractivity contribution is 6.29. The summed E-state index contributed by atoms with van der Waals surface area (Å²) in [6.07, 6.45) is 1.85. The zero-order valence-corrected chi connectivity index (χ0v) is 19.9. The lowest BCUT2D eigenvalue weighted by molar-refractivity contribution is -0.278. The Morgan fingerprint density at radius 2 is 1.00 bits per heavy atom. The van der Waals surface area contributed by atoms with Crippen molar-refractivity contribution in [1.82, 2.24) is 9.96 Å². The van der Waals surface area contributed by atoms with Crippen molar-refractivity contribution in [3.05, 3.63) is 0 Å². The van der Waals surface area contributed by atoms with Crippen LogP contribution in [0.4, 0.5) is 0 Å². The van der Waals surface area contributed by atoms with Gasteiger partial charge in [-0.1, -0.05) is 0 Å². The standard InChI is InChI=1S/C22H40N2O5/c1-19(2)11-15(12-20(3,4)23(19)9)28-17(25)18(26)29-16-13-21(5,6)24(27-10)22(7,8)14-16/h15-16H,11-14H2,1-10H3. The van der Waals surface area contributed by atoms with Crippen LogP contribution in [0.15, 0.2) is 0 Å². The molecule has 0 atom stereocenters. The first kappa shape index (κ1) is 24.1. The lowest BCUT2D eigenvalue weighted by Crippen LogP contribution is -2.62. The molecule has 2 aliphatic rings. The Hall–Kier alpha value is -1.18. The van der Waals surface area contributed by atoms with Crippen LogP contribution in [0.2, 0.25) is 0 Å². The fourth-order valence-corrected chi connectivity index (χ4v) is 5.51. The molecule has 0 amide bonds. The second-order valence-corrected chi connectivity index (χ2v) is 11.2. The predicted octanol–water partition coefficient (Wildman–Crippen LogP) is 3.31. The van der Waals surface area contributed by atoms with Crippen LogP contribution in [0, 0.1) is 0 Å². The quantitative estimate of drug-likeness (QED) is 0.520. The van der Waals surface area contributed by atoms with Crippen molar-refractivity contribution >= 4 is 11.9 Å². The van der Waals surface area contributed by atoms with Crippen LogP contribution in [0.5, 0.6) is 0 Å². The van der Waals surface area contributed by atoms with Crippen LogP contribution < -0.4 is 0 Å². The van der Waals surface area contributed by atoms with Gasteiger partial charge >= 0.3 is 11.9 Å². The third kappa shape index (κ3) is 5.12. The molecule has 0 aliphatic carbocycles. The summed E-state index contributed by atoms with van der Waals surface area (Å²) >= 11 is 0. The van der Waals surface area contributed by atoms with E-state index in [0.717, 1.165) is 0 Å². The van der Waals surface area contributed by atoms with Crippen LogP contribution in [0.1, 0.15) is 81.1 Å². The Morgan fingerprint density at radius 1 is 0.690 bits per heavy atom. The lowest BCUT2D eigenvalue weighted by Gasteiger charge is -2.53. The number of rotatable bonds is 3. The number of carbonyl (C=O) groups excluding carboxylic acids is 2.